The molecule has 390 valence electrons. The maximum atomic E-state index is 13.2. The van der Waals surface area contributed by atoms with E-state index in [4.69, 9.17) is 16.6 Å². The number of aliphatic hydroxyl groups is 1. The van der Waals surface area contributed by atoms with Crippen LogP contribution in [0.4, 0.5) is 4.79 Å². The van der Waals surface area contributed by atoms with E-state index in [-0.39, 0.29) is 41.8 Å². The lowest BCUT2D eigenvalue weighted by atomic mass is 9.92. The summed E-state index contributed by atoms with van der Waals surface area (Å²) >= 11 is 0. The first-order valence-electron chi connectivity index (χ1n) is 26.2. The van der Waals surface area contributed by atoms with Crippen molar-refractivity contribution in [3.63, 3.8) is 0 Å². The van der Waals surface area contributed by atoms with E-state index in [2.05, 4.69) is 125 Å². The smallest absolute Gasteiger partial charge is 0.407 e. The van der Waals surface area contributed by atoms with E-state index in [9.17, 15) is 14.4 Å². The number of ether oxygens (including phenoxy) is 1. The van der Waals surface area contributed by atoms with E-state index in [1.807, 2.05) is 32.0 Å². The van der Waals surface area contributed by atoms with E-state index >= 15 is 0 Å². The standard InChI is InChI=1S/C41H62N6O.C14H25N3O3.CH4O/c1-6-10-32(11-7-8-23-42)38-21-22-39(47(38)34-18-15-31(16-19-34)30-13-14-30)36-20-17-33(25-29(36)4)37(43)27-45-26-35-12-9-24-46(35)41(48)40(44-5)28(2)3;1-5-15-9-11-7-6-8-17(11)13(18)12(10(2)3)16-14(19)20-4;1-2/h7,10-11,15,17-20,25,27-28,30-31,35,38-40,44-45H,6,8-9,12-14,16,21-24,26,42-43H2,1-5H3;5,10-12,15H,1,6-9H2,2-4H3,(H,16,19);2H,1H3/b11-7-,32-10+,37-27-;;/t31?,35-,38?,39?,40?;11-,12-;/m00./s1. The number of amides is 3. The Labute approximate surface area is 421 Å². The van der Waals surface area contributed by atoms with Gasteiger partial charge in [-0.05, 0) is 155 Å². The molecule has 0 bridgehead atoms. The van der Waals surface area contributed by atoms with Gasteiger partial charge in [-0.1, -0.05) is 83.7 Å². The predicted molar refractivity (Wildman–Crippen MR) is 286 cm³/mol. The van der Waals surface area contributed by atoms with E-state index in [0.717, 1.165) is 95.2 Å². The number of aliphatic hydroxyl groups excluding tert-OH is 1. The summed E-state index contributed by atoms with van der Waals surface area (Å²) in [5.74, 6) is 2.01. The number of alkyl carbamates (subject to hydrolysis) is 1. The van der Waals surface area contributed by atoms with E-state index < -0.39 is 12.1 Å². The minimum absolute atomic E-state index is 0.00946. The van der Waals surface area contributed by atoms with Crippen LogP contribution in [0.1, 0.15) is 128 Å². The van der Waals surface area contributed by atoms with Crippen LogP contribution in [0.5, 0.6) is 0 Å². The minimum atomic E-state index is -0.572. The molecule has 7 atom stereocenters. The zero-order valence-corrected chi connectivity index (χ0v) is 44.2. The maximum absolute atomic E-state index is 13.2. The van der Waals surface area contributed by atoms with Crippen molar-refractivity contribution in [1.29, 1.82) is 0 Å². The van der Waals surface area contributed by atoms with Crippen molar-refractivity contribution in [2.24, 2.45) is 35.1 Å². The fourth-order valence-electron chi connectivity index (χ4n) is 10.7. The molecule has 2 aliphatic carbocycles. The Bertz CT molecular complexity index is 1990. The number of nitrogens with two attached hydrogens (primary N) is 2. The quantitative estimate of drug-likeness (QED) is 0.0609. The lowest BCUT2D eigenvalue weighted by Gasteiger charge is -2.36. The Kier molecular flexibility index (Phi) is 24.1. The molecule has 3 saturated heterocycles. The highest BCUT2D eigenvalue weighted by atomic mass is 16.5. The Balaban J connectivity index is 0.000000406. The van der Waals surface area contributed by atoms with Crippen LogP contribution in [0.2, 0.25) is 0 Å². The molecule has 70 heavy (non-hydrogen) atoms. The second kappa shape index (κ2) is 29.3. The molecule has 1 saturated carbocycles. The van der Waals surface area contributed by atoms with Crippen molar-refractivity contribution >= 4 is 23.6 Å². The Morgan fingerprint density at radius 1 is 0.929 bits per heavy atom. The number of likely N-dealkylation sites (N-methyl/N-ethyl adjacent to an activating group) is 1. The summed E-state index contributed by atoms with van der Waals surface area (Å²) in [7, 11) is 4.17. The number of nitrogens with one attached hydrogen (secondary N) is 4. The third-order valence-electron chi connectivity index (χ3n) is 14.5. The van der Waals surface area contributed by atoms with Gasteiger partial charge in [0.15, 0.2) is 0 Å². The van der Waals surface area contributed by atoms with Crippen LogP contribution >= 0.6 is 0 Å². The highest BCUT2D eigenvalue weighted by molar-refractivity contribution is 5.86. The zero-order chi connectivity index (χ0) is 51.3. The average Bonchev–Trinajstić information content (AvgIpc) is 3.68. The molecule has 4 fully saturated rings. The number of allylic oxidation sites excluding steroid dienone is 4. The van der Waals surface area contributed by atoms with Crippen molar-refractivity contribution in [3.05, 3.63) is 102 Å². The van der Waals surface area contributed by atoms with E-state index in [0.29, 0.717) is 37.6 Å². The van der Waals surface area contributed by atoms with Crippen LogP contribution in [0.25, 0.3) is 5.70 Å². The molecule has 4 unspecified atom stereocenters. The molecule has 3 aliphatic heterocycles. The monoisotopic (exact) mass is 970 g/mol. The van der Waals surface area contributed by atoms with Crippen LogP contribution in [-0.4, -0.2) is 122 Å². The molecule has 1 aromatic carbocycles. The summed E-state index contributed by atoms with van der Waals surface area (Å²) < 4.78 is 4.59. The summed E-state index contributed by atoms with van der Waals surface area (Å²) in [6.45, 7) is 19.7. The van der Waals surface area contributed by atoms with Gasteiger partial charge in [-0.25, -0.2) is 4.79 Å². The van der Waals surface area contributed by atoms with Gasteiger partial charge < -0.3 is 57.3 Å². The van der Waals surface area contributed by atoms with Gasteiger partial charge in [0.2, 0.25) is 11.8 Å². The highest BCUT2D eigenvalue weighted by Gasteiger charge is 2.39. The molecule has 6 rings (SSSR count). The predicted octanol–water partition coefficient (Wildman–Crippen LogP) is 7.39. The van der Waals surface area contributed by atoms with Crippen LogP contribution in [0.3, 0.4) is 0 Å². The largest absolute Gasteiger partial charge is 0.453 e. The molecule has 0 spiro atoms. The Morgan fingerprint density at radius 3 is 2.10 bits per heavy atom. The summed E-state index contributed by atoms with van der Waals surface area (Å²) in [4.78, 5) is 43.8. The molecular weight excluding hydrogens is 879 g/mol. The molecule has 1 aromatic rings. The van der Waals surface area contributed by atoms with Crippen LogP contribution in [0, 0.1) is 30.6 Å². The first-order chi connectivity index (χ1) is 33.8. The number of hydrogen-bond acceptors (Lipinski definition) is 11. The summed E-state index contributed by atoms with van der Waals surface area (Å²) in [6, 6.07) is 7.03. The summed E-state index contributed by atoms with van der Waals surface area (Å²) in [6.07, 6.45) is 29.5. The van der Waals surface area contributed by atoms with Crippen molar-refractivity contribution < 1.29 is 24.2 Å². The fraction of sp³-hybridized carbons (Fsp3) is 0.625. The minimum Gasteiger partial charge on any atom is -0.453 e. The maximum Gasteiger partial charge on any atom is 0.407 e. The molecule has 9 N–H and O–H groups in total. The number of carbonyl (C=O) groups excluding carboxylic acids is 3. The number of methoxy groups -OCH3 is 1. The van der Waals surface area contributed by atoms with Gasteiger partial charge in [-0.3, -0.25) is 9.59 Å². The summed E-state index contributed by atoms with van der Waals surface area (Å²) in [5.41, 5.74) is 19.7. The lowest BCUT2D eigenvalue weighted by Crippen LogP contribution is -2.53. The molecule has 0 aromatic heterocycles. The second-order valence-corrected chi connectivity index (χ2v) is 20.0. The number of nitrogens with zero attached hydrogens (tertiary/aromatic N) is 3. The molecule has 3 heterocycles. The first-order valence-corrected chi connectivity index (χ1v) is 26.2. The van der Waals surface area contributed by atoms with Gasteiger partial charge in [-0.15, -0.1) is 0 Å². The van der Waals surface area contributed by atoms with Crippen molar-refractivity contribution in [3.8, 4) is 0 Å². The third kappa shape index (κ3) is 15.7. The Morgan fingerprint density at radius 2 is 1.57 bits per heavy atom. The number of benzene rings is 1. The number of carbonyl (C=O) groups is 3. The van der Waals surface area contributed by atoms with Gasteiger partial charge in [-0.2, -0.15) is 0 Å². The molecule has 0 radical (unpaired) electrons. The van der Waals surface area contributed by atoms with Gasteiger partial charge in [0, 0.05) is 57.3 Å². The number of rotatable bonds is 21. The second-order valence-electron chi connectivity index (χ2n) is 20.0. The Hall–Kier alpha value is -5.05. The third-order valence-corrected chi connectivity index (χ3v) is 14.5. The first kappa shape index (κ1) is 57.5. The van der Waals surface area contributed by atoms with Crippen LogP contribution in [-0.2, 0) is 14.3 Å². The van der Waals surface area contributed by atoms with E-state index in [1.165, 1.54) is 42.3 Å². The van der Waals surface area contributed by atoms with Crippen molar-refractivity contribution in [1.82, 2.24) is 36.0 Å². The molecule has 3 amide bonds. The van der Waals surface area contributed by atoms with Crippen LogP contribution < -0.4 is 32.7 Å². The van der Waals surface area contributed by atoms with Gasteiger partial charge in [0.05, 0.1) is 30.9 Å². The lowest BCUT2D eigenvalue weighted by molar-refractivity contribution is -0.135. The highest BCUT2D eigenvalue weighted by Crippen LogP contribution is 2.46. The number of likely N-dealkylation sites (tertiary alicyclic amines) is 3. The van der Waals surface area contributed by atoms with Crippen molar-refractivity contribution in [2.45, 2.75) is 148 Å². The molecular formula is C56H91N9O5. The van der Waals surface area contributed by atoms with E-state index in [1.54, 1.807) is 6.20 Å². The SMILES string of the molecule is C=CNC[C@@H]1CCCN1C(=O)[C@@H](NC(=O)OC)C(C)C.CC/C=C(\C=C/CCN)C1CCC(c2ccc(/C(N)=C/NC[C@@H]3CCCN3C(=O)C(NC)C(C)C)cc2C)N1C1=CCC(C2CC2)C=C1.CO. The van der Waals surface area contributed by atoms with Gasteiger partial charge in [0.25, 0.3) is 0 Å². The zero-order valence-electron chi connectivity index (χ0n) is 44.2. The number of hydrogen-bond donors (Lipinski definition) is 7. The topological polar surface area (TPSA) is 191 Å². The normalized spacial score (nSPS) is 23.4. The van der Waals surface area contributed by atoms with Gasteiger partial charge in [0.1, 0.15) is 6.04 Å². The average molecular weight is 970 g/mol. The fourth-order valence-corrected chi connectivity index (χ4v) is 10.7. The number of aryl methyl sites for hydroxylation is 1. The summed E-state index contributed by atoms with van der Waals surface area (Å²) in [5, 5.41) is 19.4. The van der Waals surface area contributed by atoms with Crippen LogP contribution in [0.15, 0.2) is 84.9 Å². The van der Waals surface area contributed by atoms with Crippen molar-refractivity contribution in [2.75, 3.05) is 54.0 Å². The van der Waals surface area contributed by atoms with Gasteiger partial charge >= 0.3 is 6.09 Å². The molecule has 14 heteroatoms. The molecule has 5 aliphatic rings. The molecule has 14 nitrogen and oxygen atoms in total.